The fraction of sp³-hybridized carbons (Fsp3) is 0.333. The Bertz CT molecular complexity index is 845. The lowest BCUT2D eigenvalue weighted by Crippen LogP contribution is -2.47. The molecule has 1 saturated heterocycles. The van der Waals surface area contributed by atoms with Gasteiger partial charge in [0.25, 0.3) is 0 Å². The van der Waals surface area contributed by atoms with Crippen molar-refractivity contribution >= 4 is 23.6 Å². The smallest absolute Gasteiger partial charge is 0.243 e. The molecule has 4 nitrogen and oxygen atoms in total. The molecule has 0 aromatic heterocycles. The van der Waals surface area contributed by atoms with E-state index in [0.29, 0.717) is 24.2 Å². The predicted molar refractivity (Wildman–Crippen MR) is 105 cm³/mol. The van der Waals surface area contributed by atoms with Gasteiger partial charge in [-0.15, -0.1) is 11.8 Å². The van der Waals surface area contributed by atoms with Crippen LogP contribution in [0.15, 0.2) is 48.5 Å². The fourth-order valence-corrected chi connectivity index (χ4v) is 4.62. The van der Waals surface area contributed by atoms with Gasteiger partial charge in [-0.2, -0.15) is 0 Å². The Balaban J connectivity index is 1.75. The number of hydrogen-bond acceptors (Lipinski definition) is 3. The van der Waals surface area contributed by atoms with Crippen LogP contribution < -0.4 is 5.32 Å². The van der Waals surface area contributed by atoms with Gasteiger partial charge in [0.2, 0.25) is 11.8 Å². The number of halogens is 2. The van der Waals surface area contributed by atoms with E-state index < -0.39 is 11.4 Å². The third-order valence-electron chi connectivity index (χ3n) is 4.57. The molecule has 1 fully saturated rings. The molecule has 0 aliphatic carbocycles. The second-order valence-corrected chi connectivity index (χ2v) is 7.76. The average Bonchev–Trinajstić information content (AvgIpc) is 3.13. The number of benzene rings is 2. The Morgan fingerprint density at radius 2 is 1.89 bits per heavy atom. The maximum Gasteiger partial charge on any atom is 0.243 e. The van der Waals surface area contributed by atoms with Crippen LogP contribution in [0.25, 0.3) is 0 Å². The van der Waals surface area contributed by atoms with Gasteiger partial charge < -0.3 is 10.2 Å². The molecule has 2 amide bonds. The second kappa shape index (κ2) is 9.19. The SMILES string of the molecule is CCCC(=O)N1C(C(=O)NCc2ccc(F)cc2)CSC1c1cccc(F)c1. The highest BCUT2D eigenvalue weighted by atomic mass is 32.2. The van der Waals surface area contributed by atoms with E-state index in [1.807, 2.05) is 6.92 Å². The summed E-state index contributed by atoms with van der Waals surface area (Å²) in [5.74, 6) is -0.656. The number of thioether (sulfide) groups is 1. The lowest BCUT2D eigenvalue weighted by molar-refractivity contribution is -0.140. The molecule has 2 aromatic carbocycles. The van der Waals surface area contributed by atoms with Gasteiger partial charge in [0.05, 0.1) is 0 Å². The van der Waals surface area contributed by atoms with Crippen LogP contribution in [0.3, 0.4) is 0 Å². The molecule has 1 aliphatic rings. The van der Waals surface area contributed by atoms with Crippen LogP contribution in [0.1, 0.15) is 36.3 Å². The Kier molecular flexibility index (Phi) is 6.67. The first-order valence-electron chi connectivity index (χ1n) is 9.20. The highest BCUT2D eigenvalue weighted by Crippen LogP contribution is 2.42. The summed E-state index contributed by atoms with van der Waals surface area (Å²) in [6, 6.07) is 11.4. The van der Waals surface area contributed by atoms with Gasteiger partial charge >= 0.3 is 0 Å². The highest BCUT2D eigenvalue weighted by Gasteiger charge is 2.41. The molecule has 28 heavy (non-hydrogen) atoms. The number of carbonyl (C=O) groups excluding carboxylic acids is 2. The molecule has 2 aromatic rings. The van der Waals surface area contributed by atoms with Crippen LogP contribution in [0.2, 0.25) is 0 Å². The van der Waals surface area contributed by atoms with E-state index in [-0.39, 0.29) is 30.0 Å². The molecule has 1 N–H and O–H groups in total. The van der Waals surface area contributed by atoms with E-state index in [0.717, 1.165) is 5.56 Å². The van der Waals surface area contributed by atoms with E-state index in [1.54, 1.807) is 29.2 Å². The minimum atomic E-state index is -0.627. The maximum absolute atomic E-state index is 13.7. The third kappa shape index (κ3) is 4.70. The average molecular weight is 404 g/mol. The van der Waals surface area contributed by atoms with E-state index in [2.05, 4.69) is 5.32 Å². The van der Waals surface area contributed by atoms with Crippen molar-refractivity contribution < 1.29 is 18.4 Å². The van der Waals surface area contributed by atoms with Crippen molar-refractivity contribution in [1.82, 2.24) is 10.2 Å². The number of rotatable bonds is 6. The van der Waals surface area contributed by atoms with Crippen molar-refractivity contribution in [3.8, 4) is 0 Å². The van der Waals surface area contributed by atoms with Gasteiger partial charge in [0.15, 0.2) is 0 Å². The summed E-state index contributed by atoms with van der Waals surface area (Å²) < 4.78 is 26.7. The number of nitrogens with one attached hydrogen (secondary N) is 1. The second-order valence-electron chi connectivity index (χ2n) is 6.65. The summed E-state index contributed by atoms with van der Waals surface area (Å²) in [6.07, 6.45) is 0.994. The summed E-state index contributed by atoms with van der Waals surface area (Å²) in [4.78, 5) is 27.1. The lowest BCUT2D eigenvalue weighted by atomic mass is 10.1. The van der Waals surface area contributed by atoms with Gasteiger partial charge in [-0.25, -0.2) is 8.78 Å². The summed E-state index contributed by atoms with van der Waals surface area (Å²) in [5.41, 5.74) is 1.44. The minimum Gasteiger partial charge on any atom is -0.350 e. The molecule has 7 heteroatoms. The molecule has 0 saturated carbocycles. The first-order chi connectivity index (χ1) is 13.5. The quantitative estimate of drug-likeness (QED) is 0.791. The van der Waals surface area contributed by atoms with Gasteiger partial charge in [-0.1, -0.05) is 31.2 Å². The first-order valence-corrected chi connectivity index (χ1v) is 10.2. The molecule has 0 radical (unpaired) electrons. The number of nitrogens with zero attached hydrogens (tertiary/aromatic N) is 1. The third-order valence-corrected chi connectivity index (χ3v) is 5.89. The monoisotopic (exact) mass is 404 g/mol. The molecule has 1 heterocycles. The Morgan fingerprint density at radius 3 is 2.57 bits per heavy atom. The van der Waals surface area contributed by atoms with Crippen molar-refractivity contribution in [3.05, 3.63) is 71.3 Å². The van der Waals surface area contributed by atoms with E-state index in [9.17, 15) is 18.4 Å². The van der Waals surface area contributed by atoms with Crippen molar-refractivity contribution in [1.29, 1.82) is 0 Å². The molecular formula is C21H22F2N2O2S. The molecule has 148 valence electrons. The number of carbonyl (C=O) groups is 2. The first kappa shape index (κ1) is 20.3. The van der Waals surface area contributed by atoms with Crippen LogP contribution in [-0.2, 0) is 16.1 Å². The summed E-state index contributed by atoms with van der Waals surface area (Å²) in [5, 5.41) is 2.44. The zero-order valence-electron chi connectivity index (χ0n) is 15.5. The highest BCUT2D eigenvalue weighted by molar-refractivity contribution is 7.99. The number of amides is 2. The van der Waals surface area contributed by atoms with Gasteiger partial charge in [-0.05, 0) is 41.8 Å². The van der Waals surface area contributed by atoms with E-state index in [1.165, 1.54) is 36.0 Å². The van der Waals surface area contributed by atoms with Crippen LogP contribution >= 0.6 is 11.8 Å². The van der Waals surface area contributed by atoms with E-state index in [4.69, 9.17) is 0 Å². The summed E-state index contributed by atoms with van der Waals surface area (Å²) in [7, 11) is 0. The largest absolute Gasteiger partial charge is 0.350 e. The molecule has 0 spiro atoms. The van der Waals surface area contributed by atoms with Gasteiger partial charge in [-0.3, -0.25) is 9.59 Å². The van der Waals surface area contributed by atoms with Crippen molar-refractivity contribution in [2.45, 2.75) is 37.7 Å². The van der Waals surface area contributed by atoms with Crippen LogP contribution in [0, 0.1) is 11.6 Å². The molecule has 0 bridgehead atoms. The standard InChI is InChI=1S/C21H22F2N2O2S/c1-2-4-19(26)25-18(13-28-21(25)15-5-3-6-17(23)11-15)20(27)24-12-14-7-9-16(22)10-8-14/h3,5-11,18,21H,2,4,12-13H2,1H3,(H,24,27). The van der Waals surface area contributed by atoms with E-state index >= 15 is 0 Å². The normalized spacial score (nSPS) is 18.9. The Morgan fingerprint density at radius 1 is 1.14 bits per heavy atom. The summed E-state index contributed by atoms with van der Waals surface area (Å²) in [6.45, 7) is 2.16. The maximum atomic E-state index is 13.7. The fourth-order valence-electron chi connectivity index (χ4n) is 3.18. The Labute approximate surface area is 167 Å². The van der Waals surface area contributed by atoms with Crippen molar-refractivity contribution in [3.63, 3.8) is 0 Å². The lowest BCUT2D eigenvalue weighted by Gasteiger charge is -2.29. The van der Waals surface area contributed by atoms with Crippen LogP contribution in [-0.4, -0.2) is 28.5 Å². The number of hydrogen-bond donors (Lipinski definition) is 1. The minimum absolute atomic E-state index is 0.122. The molecule has 2 unspecified atom stereocenters. The zero-order valence-corrected chi connectivity index (χ0v) is 16.3. The Hall–Kier alpha value is -2.41. The van der Waals surface area contributed by atoms with Gasteiger partial charge in [0.1, 0.15) is 23.1 Å². The predicted octanol–water partition coefficient (Wildman–Crippen LogP) is 4.02. The topological polar surface area (TPSA) is 49.4 Å². The zero-order chi connectivity index (χ0) is 20.1. The van der Waals surface area contributed by atoms with Crippen molar-refractivity contribution in [2.75, 3.05) is 5.75 Å². The van der Waals surface area contributed by atoms with Gasteiger partial charge in [0, 0.05) is 18.7 Å². The van der Waals surface area contributed by atoms with Crippen LogP contribution in [0.5, 0.6) is 0 Å². The molecule has 3 rings (SSSR count). The van der Waals surface area contributed by atoms with Crippen molar-refractivity contribution in [2.24, 2.45) is 0 Å². The molecular weight excluding hydrogens is 382 g/mol. The van der Waals surface area contributed by atoms with Crippen LogP contribution in [0.4, 0.5) is 8.78 Å². The molecule has 1 aliphatic heterocycles. The summed E-state index contributed by atoms with van der Waals surface area (Å²) >= 11 is 1.45. The molecule has 2 atom stereocenters.